The van der Waals surface area contributed by atoms with Crippen LogP contribution in [0.4, 0.5) is 10.5 Å². The van der Waals surface area contributed by atoms with E-state index in [1.54, 1.807) is 50.5 Å². The van der Waals surface area contributed by atoms with Crippen molar-refractivity contribution >= 4 is 55.9 Å². The summed E-state index contributed by atoms with van der Waals surface area (Å²) in [4.78, 5) is 13.8. The molecule has 0 aliphatic rings. The van der Waals surface area contributed by atoms with Crippen LogP contribution in [-0.4, -0.2) is 32.7 Å². The Bertz CT molecular complexity index is 887. The SMILES string of the molecule is CN(C)C(=O)Sc1ccccc1NS(=O)(=O)Cc1ccc(Cl)c(Cl)c1. The van der Waals surface area contributed by atoms with Crippen LogP contribution in [0.2, 0.25) is 10.0 Å². The lowest BCUT2D eigenvalue weighted by Gasteiger charge is -2.14. The zero-order chi connectivity index (χ0) is 18.6. The number of carbonyl (C=O) groups excluding carboxylic acids is 1. The summed E-state index contributed by atoms with van der Waals surface area (Å²) in [5.74, 6) is -0.259. The first-order valence-corrected chi connectivity index (χ1v) is 10.3. The number of sulfonamides is 1. The van der Waals surface area contributed by atoms with Crippen molar-refractivity contribution < 1.29 is 13.2 Å². The van der Waals surface area contributed by atoms with Crippen molar-refractivity contribution in [3.8, 4) is 0 Å². The molecule has 0 saturated carbocycles. The largest absolute Gasteiger partial charge is 0.339 e. The molecule has 0 unspecified atom stereocenters. The molecule has 1 amide bonds. The van der Waals surface area contributed by atoms with Gasteiger partial charge in [-0.2, -0.15) is 0 Å². The third kappa shape index (κ3) is 5.81. The average Bonchev–Trinajstić information content (AvgIpc) is 2.52. The minimum atomic E-state index is -3.69. The van der Waals surface area contributed by atoms with Gasteiger partial charge in [-0.05, 0) is 41.6 Å². The second-order valence-corrected chi connectivity index (χ2v) is 8.90. The van der Waals surface area contributed by atoms with Crippen molar-refractivity contribution in [2.24, 2.45) is 0 Å². The third-order valence-corrected chi connectivity index (χ3v) is 6.15. The molecule has 2 rings (SSSR count). The molecular formula is C16H16Cl2N2O3S2. The van der Waals surface area contributed by atoms with Crippen LogP contribution in [0.25, 0.3) is 0 Å². The second-order valence-electron chi connectivity index (χ2n) is 5.37. The number of carbonyl (C=O) groups is 1. The number of halogens is 2. The van der Waals surface area contributed by atoms with Crippen LogP contribution in [0, 0.1) is 0 Å². The summed E-state index contributed by atoms with van der Waals surface area (Å²) in [6, 6.07) is 11.4. The van der Waals surface area contributed by atoms with Crippen molar-refractivity contribution in [3.63, 3.8) is 0 Å². The molecule has 0 radical (unpaired) electrons. The third-order valence-electron chi connectivity index (χ3n) is 3.06. The monoisotopic (exact) mass is 418 g/mol. The lowest BCUT2D eigenvalue weighted by molar-refractivity contribution is 0.241. The van der Waals surface area contributed by atoms with Crippen LogP contribution >= 0.6 is 35.0 Å². The van der Waals surface area contributed by atoms with Gasteiger partial charge in [0, 0.05) is 19.0 Å². The summed E-state index contributed by atoms with van der Waals surface area (Å²) in [6.45, 7) is 0. The predicted molar refractivity (Wildman–Crippen MR) is 104 cm³/mol. The molecule has 0 atom stereocenters. The first-order chi connectivity index (χ1) is 11.7. The fourth-order valence-electron chi connectivity index (χ4n) is 1.88. The summed E-state index contributed by atoms with van der Waals surface area (Å²) in [6.07, 6.45) is 0. The molecule has 0 heterocycles. The maximum Gasteiger partial charge on any atom is 0.286 e. The Labute approximate surface area is 161 Å². The van der Waals surface area contributed by atoms with Gasteiger partial charge in [-0.1, -0.05) is 41.4 Å². The highest BCUT2D eigenvalue weighted by molar-refractivity contribution is 8.13. The molecule has 0 saturated heterocycles. The average molecular weight is 419 g/mol. The van der Waals surface area contributed by atoms with E-state index in [1.807, 2.05) is 0 Å². The van der Waals surface area contributed by atoms with E-state index >= 15 is 0 Å². The molecule has 2 aromatic carbocycles. The summed E-state index contributed by atoms with van der Waals surface area (Å²) < 4.78 is 27.4. The van der Waals surface area contributed by atoms with Crippen molar-refractivity contribution in [1.82, 2.24) is 4.90 Å². The molecule has 9 heteroatoms. The lowest BCUT2D eigenvalue weighted by atomic mass is 10.2. The molecule has 0 spiro atoms. The molecule has 25 heavy (non-hydrogen) atoms. The number of nitrogens with one attached hydrogen (secondary N) is 1. The number of benzene rings is 2. The standard InChI is InChI=1S/C16H16Cl2N2O3S2/c1-20(2)16(21)24-15-6-4-3-5-14(15)19-25(22,23)10-11-7-8-12(17)13(18)9-11/h3-9,19H,10H2,1-2H3. The zero-order valence-electron chi connectivity index (χ0n) is 13.5. The van der Waals surface area contributed by atoms with E-state index in [9.17, 15) is 13.2 Å². The second kappa shape index (κ2) is 8.31. The fourth-order valence-corrected chi connectivity index (χ4v) is 4.21. The minimum absolute atomic E-state index is 0.198. The number of anilines is 1. The maximum absolute atomic E-state index is 12.4. The van der Waals surface area contributed by atoms with Crippen LogP contribution in [-0.2, 0) is 15.8 Å². The topological polar surface area (TPSA) is 66.5 Å². The number of nitrogens with zero attached hydrogens (tertiary/aromatic N) is 1. The summed E-state index contributed by atoms with van der Waals surface area (Å²) in [5, 5.41) is 0.456. The zero-order valence-corrected chi connectivity index (χ0v) is 16.6. The number of thioether (sulfide) groups is 1. The van der Waals surface area contributed by atoms with Gasteiger partial charge in [0.1, 0.15) is 0 Å². The normalized spacial score (nSPS) is 11.2. The highest BCUT2D eigenvalue weighted by atomic mass is 35.5. The maximum atomic E-state index is 12.4. The highest BCUT2D eigenvalue weighted by Gasteiger charge is 2.17. The van der Waals surface area contributed by atoms with Crippen LogP contribution in [0.3, 0.4) is 0 Å². The van der Waals surface area contributed by atoms with Gasteiger partial charge in [0.2, 0.25) is 10.0 Å². The summed E-state index contributed by atoms with van der Waals surface area (Å²) in [7, 11) is -0.423. The molecule has 2 aromatic rings. The van der Waals surface area contributed by atoms with E-state index in [0.29, 0.717) is 26.2 Å². The minimum Gasteiger partial charge on any atom is -0.339 e. The first kappa shape index (κ1) is 19.9. The first-order valence-electron chi connectivity index (χ1n) is 7.10. The van der Waals surface area contributed by atoms with Crippen LogP contribution < -0.4 is 4.72 Å². The summed E-state index contributed by atoms with van der Waals surface area (Å²) in [5.41, 5.74) is 0.860. The van der Waals surface area contributed by atoms with E-state index in [-0.39, 0.29) is 11.0 Å². The smallest absolute Gasteiger partial charge is 0.286 e. The van der Waals surface area contributed by atoms with Gasteiger partial charge in [0.25, 0.3) is 5.24 Å². The molecule has 0 aliphatic heterocycles. The Hall–Kier alpha value is -1.41. The Morgan fingerprint density at radius 1 is 1.12 bits per heavy atom. The molecule has 1 N–H and O–H groups in total. The van der Waals surface area contributed by atoms with Gasteiger partial charge in [-0.3, -0.25) is 9.52 Å². The van der Waals surface area contributed by atoms with Crippen molar-refractivity contribution in [2.75, 3.05) is 18.8 Å². The molecule has 0 bridgehead atoms. The number of para-hydroxylation sites is 1. The van der Waals surface area contributed by atoms with Gasteiger partial charge in [0.15, 0.2) is 0 Å². The van der Waals surface area contributed by atoms with Crippen molar-refractivity contribution in [3.05, 3.63) is 58.1 Å². The van der Waals surface area contributed by atoms with Crippen molar-refractivity contribution in [1.29, 1.82) is 0 Å². The predicted octanol–water partition coefficient (Wildman–Crippen LogP) is 4.71. The molecule has 0 aliphatic carbocycles. The van der Waals surface area contributed by atoms with Crippen LogP contribution in [0.15, 0.2) is 47.4 Å². The van der Waals surface area contributed by atoms with E-state index in [0.717, 1.165) is 11.8 Å². The Morgan fingerprint density at radius 2 is 1.80 bits per heavy atom. The molecule has 134 valence electrons. The van der Waals surface area contributed by atoms with Gasteiger partial charge in [-0.25, -0.2) is 8.42 Å². The van der Waals surface area contributed by atoms with E-state index in [1.165, 1.54) is 11.0 Å². The number of hydrogen-bond donors (Lipinski definition) is 1. The highest BCUT2D eigenvalue weighted by Crippen LogP contribution is 2.30. The van der Waals surface area contributed by atoms with E-state index in [2.05, 4.69) is 4.72 Å². The number of hydrogen-bond acceptors (Lipinski definition) is 4. The molecule has 5 nitrogen and oxygen atoms in total. The number of amides is 1. The van der Waals surface area contributed by atoms with Crippen molar-refractivity contribution in [2.45, 2.75) is 10.6 Å². The Morgan fingerprint density at radius 3 is 2.44 bits per heavy atom. The quantitative estimate of drug-likeness (QED) is 0.713. The van der Waals surface area contributed by atoms with Crippen LogP contribution in [0.5, 0.6) is 0 Å². The van der Waals surface area contributed by atoms with E-state index in [4.69, 9.17) is 23.2 Å². The summed E-state index contributed by atoms with van der Waals surface area (Å²) >= 11 is 12.7. The van der Waals surface area contributed by atoms with Crippen LogP contribution in [0.1, 0.15) is 5.56 Å². The molecule has 0 aromatic heterocycles. The molecular weight excluding hydrogens is 403 g/mol. The van der Waals surface area contributed by atoms with Gasteiger partial charge in [-0.15, -0.1) is 0 Å². The Kier molecular flexibility index (Phi) is 6.62. The number of rotatable bonds is 5. The fraction of sp³-hybridized carbons (Fsp3) is 0.188. The lowest BCUT2D eigenvalue weighted by Crippen LogP contribution is -2.18. The van der Waals surface area contributed by atoms with Gasteiger partial charge < -0.3 is 4.90 Å². The Balaban J connectivity index is 2.20. The molecule has 0 fully saturated rings. The van der Waals surface area contributed by atoms with Gasteiger partial charge >= 0.3 is 0 Å². The van der Waals surface area contributed by atoms with E-state index < -0.39 is 10.0 Å². The van der Waals surface area contributed by atoms with Gasteiger partial charge in [0.05, 0.1) is 21.5 Å².